The Morgan fingerprint density at radius 2 is 2.15 bits per heavy atom. The van der Waals surface area contributed by atoms with Gasteiger partial charge in [0.25, 0.3) is 0 Å². The first-order valence-corrected chi connectivity index (χ1v) is 5.74. The van der Waals surface area contributed by atoms with E-state index in [1.54, 1.807) is 0 Å². The van der Waals surface area contributed by atoms with Crippen molar-refractivity contribution < 1.29 is 0 Å². The first kappa shape index (κ1) is 11.1. The van der Waals surface area contributed by atoms with Gasteiger partial charge in [-0.15, -0.1) is 0 Å². The molecule has 0 aliphatic carbocycles. The third-order valence-electron chi connectivity index (χ3n) is 1.63. The number of benzene rings is 1. The topological polar surface area (TPSA) is 12.0 Å². The van der Waals surface area contributed by atoms with Crippen LogP contribution in [0.5, 0.6) is 0 Å². The summed E-state index contributed by atoms with van der Waals surface area (Å²) >= 11 is 8.30. The van der Waals surface area contributed by atoms with E-state index >= 15 is 0 Å². The van der Waals surface area contributed by atoms with Crippen molar-refractivity contribution in [1.82, 2.24) is 0 Å². The predicted molar refractivity (Wildman–Crippen MR) is 67.5 cm³/mol. The minimum atomic E-state index is 0.635. The van der Waals surface area contributed by atoms with E-state index in [0.29, 0.717) is 5.92 Å². The van der Waals surface area contributed by atoms with Gasteiger partial charge in [0.05, 0.1) is 10.7 Å². The molecule has 0 saturated heterocycles. The minimum Gasteiger partial charge on any atom is -0.384 e. The van der Waals surface area contributed by atoms with E-state index in [1.165, 1.54) is 0 Å². The molecular formula is C10H13ClIN. The number of hydrogen-bond acceptors (Lipinski definition) is 1. The highest BCUT2D eigenvalue weighted by Gasteiger charge is 2.00. The van der Waals surface area contributed by atoms with Crippen LogP contribution in [0.2, 0.25) is 5.02 Å². The van der Waals surface area contributed by atoms with Crippen LogP contribution >= 0.6 is 34.2 Å². The highest BCUT2D eigenvalue weighted by atomic mass is 127. The lowest BCUT2D eigenvalue weighted by Crippen LogP contribution is -2.08. The largest absolute Gasteiger partial charge is 0.384 e. The Hall–Kier alpha value is 0.0400. The molecule has 72 valence electrons. The molecule has 0 radical (unpaired) electrons. The molecule has 13 heavy (non-hydrogen) atoms. The van der Waals surface area contributed by atoms with Crippen LogP contribution in [0, 0.1) is 9.49 Å². The van der Waals surface area contributed by atoms with E-state index < -0.39 is 0 Å². The Morgan fingerprint density at radius 1 is 1.46 bits per heavy atom. The molecule has 0 amide bonds. The second kappa shape index (κ2) is 5.05. The highest BCUT2D eigenvalue weighted by molar-refractivity contribution is 14.1. The van der Waals surface area contributed by atoms with Gasteiger partial charge < -0.3 is 5.32 Å². The number of halogens is 2. The normalized spacial score (nSPS) is 10.5. The zero-order chi connectivity index (χ0) is 9.84. The molecule has 3 heteroatoms. The van der Waals surface area contributed by atoms with Crippen LogP contribution in [0.4, 0.5) is 5.69 Å². The summed E-state index contributed by atoms with van der Waals surface area (Å²) in [7, 11) is 0. The zero-order valence-corrected chi connectivity index (χ0v) is 10.7. The lowest BCUT2D eigenvalue weighted by molar-refractivity contribution is 0.689. The SMILES string of the molecule is CC(C)CNc1ccc(I)cc1Cl. The molecule has 0 spiro atoms. The van der Waals surface area contributed by atoms with Gasteiger partial charge in [-0.05, 0) is 46.7 Å². The molecule has 0 saturated carbocycles. The summed E-state index contributed by atoms with van der Waals surface area (Å²) in [5, 5.41) is 4.10. The van der Waals surface area contributed by atoms with Crippen molar-refractivity contribution in [2.45, 2.75) is 13.8 Å². The van der Waals surface area contributed by atoms with Gasteiger partial charge in [0.15, 0.2) is 0 Å². The second-order valence-corrected chi connectivity index (χ2v) is 5.05. The first-order valence-electron chi connectivity index (χ1n) is 4.28. The first-order chi connectivity index (χ1) is 6.09. The number of rotatable bonds is 3. The molecule has 0 aliphatic rings. The zero-order valence-electron chi connectivity index (χ0n) is 7.77. The van der Waals surface area contributed by atoms with E-state index in [2.05, 4.69) is 47.8 Å². The minimum absolute atomic E-state index is 0.635. The van der Waals surface area contributed by atoms with Crippen LogP contribution in [-0.2, 0) is 0 Å². The van der Waals surface area contributed by atoms with E-state index in [-0.39, 0.29) is 0 Å². The maximum absolute atomic E-state index is 6.05. The fourth-order valence-corrected chi connectivity index (χ4v) is 1.87. The second-order valence-electron chi connectivity index (χ2n) is 3.40. The summed E-state index contributed by atoms with van der Waals surface area (Å²) in [5.74, 6) is 0.635. The Bertz CT molecular complexity index is 286. The Balaban J connectivity index is 2.67. The number of nitrogens with one attached hydrogen (secondary N) is 1. The summed E-state index contributed by atoms with van der Waals surface area (Å²) in [4.78, 5) is 0. The quantitative estimate of drug-likeness (QED) is 0.832. The lowest BCUT2D eigenvalue weighted by Gasteiger charge is -2.10. The van der Waals surface area contributed by atoms with Gasteiger partial charge in [-0.2, -0.15) is 0 Å². The molecule has 1 aromatic rings. The molecule has 0 unspecified atom stereocenters. The van der Waals surface area contributed by atoms with Crippen LogP contribution in [-0.4, -0.2) is 6.54 Å². The smallest absolute Gasteiger partial charge is 0.0648 e. The molecule has 0 heterocycles. The summed E-state index contributed by atoms with van der Waals surface area (Å²) in [6, 6.07) is 6.03. The highest BCUT2D eigenvalue weighted by Crippen LogP contribution is 2.23. The van der Waals surface area contributed by atoms with Crippen molar-refractivity contribution >= 4 is 39.9 Å². The van der Waals surface area contributed by atoms with Crippen molar-refractivity contribution in [1.29, 1.82) is 0 Å². The van der Waals surface area contributed by atoms with Gasteiger partial charge in [-0.25, -0.2) is 0 Å². The van der Waals surface area contributed by atoms with Gasteiger partial charge in [0.2, 0.25) is 0 Å². The Labute approximate surface area is 98.0 Å². The Morgan fingerprint density at radius 3 is 2.69 bits per heavy atom. The van der Waals surface area contributed by atoms with Gasteiger partial charge >= 0.3 is 0 Å². The van der Waals surface area contributed by atoms with Gasteiger partial charge in [0, 0.05) is 10.1 Å². The molecule has 1 N–H and O–H groups in total. The van der Waals surface area contributed by atoms with Crippen molar-refractivity contribution in [3.8, 4) is 0 Å². The van der Waals surface area contributed by atoms with Crippen LogP contribution in [0.3, 0.4) is 0 Å². The Kier molecular flexibility index (Phi) is 4.32. The van der Waals surface area contributed by atoms with E-state index in [4.69, 9.17) is 11.6 Å². The fourth-order valence-electron chi connectivity index (χ4n) is 0.947. The summed E-state index contributed by atoms with van der Waals surface area (Å²) in [5.41, 5.74) is 1.02. The van der Waals surface area contributed by atoms with Crippen LogP contribution in [0.1, 0.15) is 13.8 Å². The third-order valence-corrected chi connectivity index (χ3v) is 2.62. The van der Waals surface area contributed by atoms with E-state index in [9.17, 15) is 0 Å². The molecule has 0 atom stereocenters. The molecule has 0 aliphatic heterocycles. The maximum atomic E-state index is 6.05. The average Bonchev–Trinajstić information content (AvgIpc) is 2.02. The standard InChI is InChI=1S/C10H13ClIN/c1-7(2)6-13-10-4-3-8(12)5-9(10)11/h3-5,7,13H,6H2,1-2H3. The fraction of sp³-hybridized carbons (Fsp3) is 0.400. The van der Waals surface area contributed by atoms with Gasteiger partial charge in [-0.3, -0.25) is 0 Å². The third kappa shape index (κ3) is 3.73. The van der Waals surface area contributed by atoms with Crippen LogP contribution in [0.15, 0.2) is 18.2 Å². The molecule has 1 nitrogen and oxygen atoms in total. The van der Waals surface area contributed by atoms with Gasteiger partial charge in [-0.1, -0.05) is 25.4 Å². The summed E-state index contributed by atoms with van der Waals surface area (Å²) in [6.07, 6.45) is 0. The summed E-state index contributed by atoms with van der Waals surface area (Å²) < 4.78 is 1.16. The lowest BCUT2D eigenvalue weighted by atomic mass is 10.2. The average molecular weight is 310 g/mol. The molecule has 0 aromatic heterocycles. The van der Waals surface area contributed by atoms with Crippen molar-refractivity contribution in [2.75, 3.05) is 11.9 Å². The van der Waals surface area contributed by atoms with Crippen molar-refractivity contribution in [2.24, 2.45) is 5.92 Å². The molecule has 1 aromatic carbocycles. The predicted octanol–water partition coefficient (Wildman–Crippen LogP) is 4.01. The molecule has 0 bridgehead atoms. The van der Waals surface area contributed by atoms with Crippen LogP contribution < -0.4 is 5.32 Å². The van der Waals surface area contributed by atoms with E-state index in [0.717, 1.165) is 20.8 Å². The van der Waals surface area contributed by atoms with Crippen molar-refractivity contribution in [3.05, 3.63) is 26.8 Å². The summed E-state index contributed by atoms with van der Waals surface area (Å²) in [6.45, 7) is 5.31. The van der Waals surface area contributed by atoms with E-state index in [1.807, 2.05) is 12.1 Å². The maximum Gasteiger partial charge on any atom is 0.0648 e. The molecular weight excluding hydrogens is 296 g/mol. The van der Waals surface area contributed by atoms with Crippen LogP contribution in [0.25, 0.3) is 0 Å². The molecule has 1 rings (SSSR count). The monoisotopic (exact) mass is 309 g/mol. The van der Waals surface area contributed by atoms with Crippen molar-refractivity contribution in [3.63, 3.8) is 0 Å². The number of hydrogen-bond donors (Lipinski definition) is 1. The number of anilines is 1. The van der Waals surface area contributed by atoms with Gasteiger partial charge in [0.1, 0.15) is 0 Å². The molecule has 0 fully saturated rings.